The van der Waals surface area contributed by atoms with Crippen LogP contribution in [0, 0.1) is 0 Å². The van der Waals surface area contributed by atoms with Crippen LogP contribution in [0.2, 0.25) is 0 Å². The molecule has 0 saturated carbocycles. The summed E-state index contributed by atoms with van der Waals surface area (Å²) < 4.78 is 11.6. The van der Waals surface area contributed by atoms with Crippen LogP contribution in [0.25, 0.3) is 6.08 Å². The molecule has 1 aliphatic rings. The molecule has 0 aliphatic carbocycles. The number of hydrogen-bond acceptors (Lipinski definition) is 3. The summed E-state index contributed by atoms with van der Waals surface area (Å²) in [6.45, 7) is 6.78. The fraction of sp³-hybridized carbons (Fsp3) is 0.529. The van der Waals surface area contributed by atoms with Crippen LogP contribution in [-0.4, -0.2) is 31.9 Å². The standard InChI is InChI=1S/C17H25NO2/c1-3-7-15-8-4-5-10-17(15)20-14(2)12-18-13-16-9-6-11-19-16/h3-5,7-8,10,14,16,18H,6,9,11-13H2,1-2H3. The molecule has 0 amide bonds. The maximum atomic E-state index is 6.01. The lowest BCUT2D eigenvalue weighted by Crippen LogP contribution is -2.34. The second-order valence-corrected chi connectivity index (χ2v) is 5.26. The number of nitrogens with one attached hydrogen (secondary N) is 1. The van der Waals surface area contributed by atoms with Gasteiger partial charge in [-0.25, -0.2) is 0 Å². The summed E-state index contributed by atoms with van der Waals surface area (Å²) in [6.07, 6.45) is 6.99. The van der Waals surface area contributed by atoms with Gasteiger partial charge in [-0.15, -0.1) is 0 Å². The Labute approximate surface area is 122 Å². The molecule has 1 saturated heterocycles. The molecule has 1 fully saturated rings. The van der Waals surface area contributed by atoms with Crippen molar-refractivity contribution in [2.45, 2.75) is 38.9 Å². The number of allylic oxidation sites excluding steroid dienone is 1. The van der Waals surface area contributed by atoms with E-state index in [1.54, 1.807) is 0 Å². The summed E-state index contributed by atoms with van der Waals surface area (Å²) in [5, 5.41) is 3.43. The molecule has 110 valence electrons. The third kappa shape index (κ3) is 4.66. The summed E-state index contributed by atoms with van der Waals surface area (Å²) in [7, 11) is 0. The number of ether oxygens (including phenoxy) is 2. The van der Waals surface area contributed by atoms with Crippen LogP contribution in [0.4, 0.5) is 0 Å². The monoisotopic (exact) mass is 275 g/mol. The number of benzene rings is 1. The first kappa shape index (κ1) is 15.1. The Bertz CT molecular complexity index is 425. The van der Waals surface area contributed by atoms with Crippen LogP contribution in [-0.2, 0) is 4.74 Å². The minimum Gasteiger partial charge on any atom is -0.489 e. The van der Waals surface area contributed by atoms with Gasteiger partial charge in [-0.3, -0.25) is 0 Å². The summed E-state index contributed by atoms with van der Waals surface area (Å²) in [5.74, 6) is 0.942. The molecule has 2 rings (SSSR count). The van der Waals surface area contributed by atoms with Crippen molar-refractivity contribution in [3.8, 4) is 5.75 Å². The van der Waals surface area contributed by atoms with Crippen LogP contribution in [0.3, 0.4) is 0 Å². The molecule has 1 N–H and O–H groups in total. The Morgan fingerprint density at radius 1 is 1.45 bits per heavy atom. The average molecular weight is 275 g/mol. The van der Waals surface area contributed by atoms with Crippen LogP contribution in [0.1, 0.15) is 32.3 Å². The second-order valence-electron chi connectivity index (χ2n) is 5.26. The van der Waals surface area contributed by atoms with Crippen molar-refractivity contribution in [1.82, 2.24) is 5.32 Å². The molecular formula is C17H25NO2. The summed E-state index contributed by atoms with van der Waals surface area (Å²) >= 11 is 0. The zero-order chi connectivity index (χ0) is 14.2. The molecule has 0 radical (unpaired) electrons. The fourth-order valence-corrected chi connectivity index (χ4v) is 2.42. The summed E-state index contributed by atoms with van der Waals surface area (Å²) in [6, 6.07) is 8.13. The Morgan fingerprint density at radius 2 is 2.30 bits per heavy atom. The molecule has 0 spiro atoms. The topological polar surface area (TPSA) is 30.5 Å². The van der Waals surface area contributed by atoms with E-state index in [1.165, 1.54) is 12.8 Å². The van der Waals surface area contributed by atoms with E-state index in [2.05, 4.69) is 24.4 Å². The van der Waals surface area contributed by atoms with E-state index in [-0.39, 0.29) is 6.10 Å². The molecule has 0 bridgehead atoms. The first-order valence-electron chi connectivity index (χ1n) is 7.50. The highest BCUT2D eigenvalue weighted by molar-refractivity contribution is 5.56. The SMILES string of the molecule is CC=Cc1ccccc1OC(C)CNCC1CCCO1. The van der Waals surface area contributed by atoms with Crippen molar-refractivity contribution in [1.29, 1.82) is 0 Å². The second kappa shape index (κ2) is 8.08. The minimum absolute atomic E-state index is 0.141. The van der Waals surface area contributed by atoms with E-state index in [4.69, 9.17) is 9.47 Å². The van der Waals surface area contributed by atoms with Crippen molar-refractivity contribution >= 4 is 6.08 Å². The molecule has 1 heterocycles. The molecule has 2 atom stereocenters. The van der Waals surface area contributed by atoms with Gasteiger partial charge in [0, 0.05) is 25.3 Å². The van der Waals surface area contributed by atoms with E-state index in [0.717, 1.165) is 31.0 Å². The van der Waals surface area contributed by atoms with Crippen molar-refractivity contribution in [2.24, 2.45) is 0 Å². The normalized spacial score (nSPS) is 20.4. The number of para-hydroxylation sites is 1. The molecule has 0 aromatic heterocycles. The minimum atomic E-state index is 0.141. The van der Waals surface area contributed by atoms with Gasteiger partial charge in [-0.2, -0.15) is 0 Å². The fourth-order valence-electron chi connectivity index (χ4n) is 2.42. The van der Waals surface area contributed by atoms with Gasteiger partial charge in [0.1, 0.15) is 11.9 Å². The molecule has 1 aromatic carbocycles. The molecule has 20 heavy (non-hydrogen) atoms. The highest BCUT2D eigenvalue weighted by atomic mass is 16.5. The van der Waals surface area contributed by atoms with E-state index < -0.39 is 0 Å². The highest BCUT2D eigenvalue weighted by Crippen LogP contribution is 2.20. The van der Waals surface area contributed by atoms with Gasteiger partial charge in [-0.1, -0.05) is 30.4 Å². The van der Waals surface area contributed by atoms with Crippen molar-refractivity contribution in [3.63, 3.8) is 0 Å². The third-order valence-electron chi connectivity index (χ3n) is 3.42. The Hall–Kier alpha value is -1.32. The van der Waals surface area contributed by atoms with Crippen LogP contribution < -0.4 is 10.1 Å². The Kier molecular flexibility index (Phi) is 6.09. The predicted molar refractivity (Wildman–Crippen MR) is 83.1 cm³/mol. The zero-order valence-electron chi connectivity index (χ0n) is 12.5. The van der Waals surface area contributed by atoms with Crippen molar-refractivity contribution in [3.05, 3.63) is 35.9 Å². The lowest BCUT2D eigenvalue weighted by Gasteiger charge is -2.18. The summed E-state index contributed by atoms with van der Waals surface area (Å²) in [4.78, 5) is 0. The number of rotatable bonds is 7. The van der Waals surface area contributed by atoms with Gasteiger partial charge in [0.2, 0.25) is 0 Å². The molecule has 2 unspecified atom stereocenters. The maximum Gasteiger partial charge on any atom is 0.126 e. The van der Waals surface area contributed by atoms with Gasteiger partial charge >= 0.3 is 0 Å². The van der Waals surface area contributed by atoms with Crippen molar-refractivity contribution in [2.75, 3.05) is 19.7 Å². The first-order chi connectivity index (χ1) is 9.79. The third-order valence-corrected chi connectivity index (χ3v) is 3.42. The van der Waals surface area contributed by atoms with Crippen LogP contribution >= 0.6 is 0 Å². The lowest BCUT2D eigenvalue weighted by molar-refractivity contribution is 0.106. The van der Waals surface area contributed by atoms with Gasteiger partial charge in [0.25, 0.3) is 0 Å². The molecular weight excluding hydrogens is 250 g/mol. The zero-order valence-corrected chi connectivity index (χ0v) is 12.5. The predicted octanol–water partition coefficient (Wildman–Crippen LogP) is 3.26. The quantitative estimate of drug-likeness (QED) is 0.828. The smallest absolute Gasteiger partial charge is 0.126 e. The van der Waals surface area contributed by atoms with Gasteiger partial charge in [0.05, 0.1) is 6.10 Å². The van der Waals surface area contributed by atoms with Crippen LogP contribution in [0.5, 0.6) is 5.75 Å². The number of hydrogen-bond donors (Lipinski definition) is 1. The molecule has 3 nitrogen and oxygen atoms in total. The highest BCUT2D eigenvalue weighted by Gasteiger charge is 2.15. The van der Waals surface area contributed by atoms with Gasteiger partial charge < -0.3 is 14.8 Å². The molecule has 1 aliphatic heterocycles. The van der Waals surface area contributed by atoms with E-state index in [9.17, 15) is 0 Å². The van der Waals surface area contributed by atoms with E-state index in [1.807, 2.05) is 31.2 Å². The van der Waals surface area contributed by atoms with Gasteiger partial charge in [0.15, 0.2) is 0 Å². The van der Waals surface area contributed by atoms with Crippen molar-refractivity contribution < 1.29 is 9.47 Å². The van der Waals surface area contributed by atoms with Gasteiger partial charge in [-0.05, 0) is 32.8 Å². The lowest BCUT2D eigenvalue weighted by atomic mass is 10.2. The molecule has 3 heteroatoms. The Morgan fingerprint density at radius 3 is 3.05 bits per heavy atom. The van der Waals surface area contributed by atoms with E-state index in [0.29, 0.717) is 6.10 Å². The Balaban J connectivity index is 1.77. The van der Waals surface area contributed by atoms with Crippen LogP contribution in [0.15, 0.2) is 30.3 Å². The summed E-state index contributed by atoms with van der Waals surface area (Å²) in [5.41, 5.74) is 1.13. The largest absolute Gasteiger partial charge is 0.489 e. The average Bonchev–Trinajstić information content (AvgIpc) is 2.94. The molecule has 1 aromatic rings. The maximum absolute atomic E-state index is 6.01. The first-order valence-corrected chi connectivity index (χ1v) is 7.50. The van der Waals surface area contributed by atoms with E-state index >= 15 is 0 Å².